The van der Waals surface area contributed by atoms with Gasteiger partial charge in [-0.15, -0.1) is 0 Å². The summed E-state index contributed by atoms with van der Waals surface area (Å²) in [5.41, 5.74) is -0.172. The summed E-state index contributed by atoms with van der Waals surface area (Å²) < 4.78 is 39.5. The Bertz CT molecular complexity index is 856. The lowest BCUT2D eigenvalue weighted by atomic mass is 9.75. The maximum absolute atomic E-state index is 13.4. The van der Waals surface area contributed by atoms with E-state index in [9.17, 15) is 18.6 Å². The molecule has 3 rings (SSSR count). The van der Waals surface area contributed by atoms with Crippen molar-refractivity contribution in [3.05, 3.63) is 23.3 Å². The number of piperidine rings is 1. The zero-order valence-corrected chi connectivity index (χ0v) is 18.8. The number of aryl methyl sites for hydroxylation is 1. The summed E-state index contributed by atoms with van der Waals surface area (Å²) in [6.45, 7) is 8.39. The normalized spacial score (nSPS) is 28.1. The highest BCUT2D eigenvalue weighted by Gasteiger charge is 2.53. The van der Waals surface area contributed by atoms with Gasteiger partial charge in [0, 0.05) is 19.5 Å². The summed E-state index contributed by atoms with van der Waals surface area (Å²) >= 11 is 0. The fourth-order valence-corrected chi connectivity index (χ4v) is 6.18. The Kier molecular flexibility index (Phi) is 6.06. The molecule has 1 aromatic carbocycles. The van der Waals surface area contributed by atoms with Crippen molar-refractivity contribution >= 4 is 10.0 Å². The summed E-state index contributed by atoms with van der Waals surface area (Å²) in [7, 11) is -2.30. The molecule has 8 heteroatoms. The van der Waals surface area contributed by atoms with Gasteiger partial charge >= 0.3 is 0 Å². The maximum atomic E-state index is 13.4. The number of rotatable bonds is 4. The van der Waals surface area contributed by atoms with Crippen LogP contribution in [-0.4, -0.2) is 67.0 Å². The lowest BCUT2D eigenvalue weighted by Crippen LogP contribution is -2.64. The van der Waals surface area contributed by atoms with Crippen LogP contribution in [0.4, 0.5) is 0 Å². The predicted octanol–water partition coefficient (Wildman–Crippen LogP) is 2.18. The molecule has 7 nitrogen and oxygen atoms in total. The Labute approximate surface area is 173 Å². The van der Waals surface area contributed by atoms with Crippen molar-refractivity contribution in [2.75, 3.05) is 26.8 Å². The molecule has 2 fully saturated rings. The maximum Gasteiger partial charge on any atom is 0.246 e. The Hall–Kier alpha value is -1.19. The van der Waals surface area contributed by atoms with E-state index in [4.69, 9.17) is 9.47 Å². The summed E-state index contributed by atoms with van der Waals surface area (Å²) in [5.74, 6) is 0.525. The average Bonchev–Trinajstić information content (AvgIpc) is 2.65. The van der Waals surface area contributed by atoms with Gasteiger partial charge in [0.25, 0.3) is 0 Å². The van der Waals surface area contributed by atoms with Crippen LogP contribution < -0.4 is 4.74 Å². The highest BCUT2D eigenvalue weighted by molar-refractivity contribution is 7.89. The molecule has 164 valence electrons. The van der Waals surface area contributed by atoms with Crippen LogP contribution in [0.2, 0.25) is 0 Å². The second-order valence-corrected chi connectivity index (χ2v) is 10.7. The van der Waals surface area contributed by atoms with Crippen LogP contribution in [0.15, 0.2) is 17.0 Å². The van der Waals surface area contributed by atoms with Crippen molar-refractivity contribution in [3.63, 3.8) is 0 Å². The third-order valence-corrected chi connectivity index (χ3v) is 8.37. The van der Waals surface area contributed by atoms with Gasteiger partial charge in [0.15, 0.2) is 0 Å². The molecular formula is C21H33NO6S. The molecule has 0 aromatic heterocycles. The molecule has 2 aliphatic rings. The highest BCUT2D eigenvalue weighted by atomic mass is 32.2. The fraction of sp³-hybridized carbons (Fsp3) is 0.714. The van der Waals surface area contributed by atoms with Crippen LogP contribution in [-0.2, 0) is 14.8 Å². The van der Waals surface area contributed by atoms with E-state index in [2.05, 4.69) is 0 Å². The molecule has 0 saturated carbocycles. The van der Waals surface area contributed by atoms with Crippen molar-refractivity contribution < 1.29 is 28.1 Å². The number of hydrogen-bond acceptors (Lipinski definition) is 6. The van der Waals surface area contributed by atoms with Crippen molar-refractivity contribution in [3.8, 4) is 5.75 Å². The van der Waals surface area contributed by atoms with E-state index < -0.39 is 27.3 Å². The Balaban J connectivity index is 1.88. The minimum Gasteiger partial charge on any atom is -0.495 e. The first-order valence-electron chi connectivity index (χ1n) is 10.2. The smallest absolute Gasteiger partial charge is 0.246 e. The number of aliphatic hydroxyl groups is 2. The second-order valence-electron chi connectivity index (χ2n) is 8.84. The van der Waals surface area contributed by atoms with Gasteiger partial charge in [0.05, 0.1) is 24.9 Å². The molecule has 2 N–H and O–H groups in total. The Morgan fingerprint density at radius 1 is 1.24 bits per heavy atom. The zero-order chi connectivity index (χ0) is 21.6. The fourth-order valence-electron chi connectivity index (χ4n) is 4.57. The minimum absolute atomic E-state index is 0.169. The average molecular weight is 428 g/mol. The van der Waals surface area contributed by atoms with Gasteiger partial charge in [-0.1, -0.05) is 13.8 Å². The summed E-state index contributed by atoms with van der Waals surface area (Å²) in [6, 6.07) is 3.49. The van der Waals surface area contributed by atoms with E-state index in [1.807, 2.05) is 20.8 Å². The minimum atomic E-state index is -3.77. The second kappa shape index (κ2) is 7.81. The number of ether oxygens (including phenoxy) is 2. The first-order valence-corrected chi connectivity index (χ1v) is 11.6. The Morgan fingerprint density at radius 3 is 2.41 bits per heavy atom. The van der Waals surface area contributed by atoms with Crippen molar-refractivity contribution in [1.82, 2.24) is 4.31 Å². The van der Waals surface area contributed by atoms with Crippen LogP contribution >= 0.6 is 0 Å². The molecule has 2 saturated heterocycles. The lowest BCUT2D eigenvalue weighted by Gasteiger charge is -2.51. The van der Waals surface area contributed by atoms with Gasteiger partial charge < -0.3 is 19.7 Å². The molecule has 2 heterocycles. The van der Waals surface area contributed by atoms with Gasteiger partial charge in [0.1, 0.15) is 16.7 Å². The molecule has 0 radical (unpaired) electrons. The molecule has 1 aromatic rings. The Morgan fingerprint density at radius 2 is 1.86 bits per heavy atom. The van der Waals surface area contributed by atoms with Crippen molar-refractivity contribution in [2.24, 2.45) is 0 Å². The molecule has 2 aliphatic heterocycles. The standard InChI is InChI=1S/C21H33NO6S/c1-14(2)16-13-18(17(27-5)12-15(16)3)29(25,26)22-9-6-21(7-10-22)19(23)20(4,24)8-11-28-21/h12-14,19,23-24H,6-11H2,1-5H3/t19-,20+/m0/s1. The van der Waals surface area contributed by atoms with Gasteiger partial charge in [-0.05, 0) is 55.9 Å². The number of benzene rings is 1. The van der Waals surface area contributed by atoms with E-state index >= 15 is 0 Å². The monoisotopic (exact) mass is 427 g/mol. The van der Waals surface area contributed by atoms with E-state index in [1.54, 1.807) is 19.1 Å². The molecule has 1 spiro atoms. The number of aliphatic hydroxyl groups excluding tert-OH is 1. The van der Waals surface area contributed by atoms with Gasteiger partial charge in [-0.3, -0.25) is 0 Å². The van der Waals surface area contributed by atoms with Crippen molar-refractivity contribution in [1.29, 1.82) is 0 Å². The molecule has 29 heavy (non-hydrogen) atoms. The molecule has 0 aliphatic carbocycles. The summed E-state index contributed by atoms with van der Waals surface area (Å²) in [4.78, 5) is 0.169. The number of sulfonamides is 1. The first kappa shape index (κ1) is 22.5. The van der Waals surface area contributed by atoms with Crippen LogP contribution in [0.1, 0.15) is 57.1 Å². The van der Waals surface area contributed by atoms with E-state index in [1.165, 1.54) is 11.4 Å². The van der Waals surface area contributed by atoms with Crippen LogP contribution in [0.5, 0.6) is 5.75 Å². The van der Waals surface area contributed by atoms with Crippen molar-refractivity contribution in [2.45, 2.75) is 75.1 Å². The molecule has 0 bridgehead atoms. The predicted molar refractivity (Wildman–Crippen MR) is 110 cm³/mol. The van der Waals surface area contributed by atoms with Gasteiger partial charge in [-0.2, -0.15) is 4.31 Å². The van der Waals surface area contributed by atoms with Gasteiger partial charge in [-0.25, -0.2) is 8.42 Å². The van der Waals surface area contributed by atoms with Crippen LogP contribution in [0.25, 0.3) is 0 Å². The summed E-state index contributed by atoms with van der Waals surface area (Å²) in [5, 5.41) is 21.1. The molecule has 0 unspecified atom stereocenters. The topological polar surface area (TPSA) is 96.3 Å². The van der Waals surface area contributed by atoms with E-state index in [0.29, 0.717) is 31.6 Å². The SMILES string of the molecule is COc1cc(C)c(C(C)C)cc1S(=O)(=O)N1CCC2(CC1)OCC[C@@](C)(O)[C@@H]2O. The van der Waals surface area contributed by atoms with E-state index in [-0.39, 0.29) is 23.9 Å². The quantitative estimate of drug-likeness (QED) is 0.765. The van der Waals surface area contributed by atoms with Crippen LogP contribution in [0.3, 0.4) is 0 Å². The van der Waals surface area contributed by atoms with Crippen LogP contribution in [0, 0.1) is 6.92 Å². The lowest BCUT2D eigenvalue weighted by molar-refractivity contribution is -0.243. The third kappa shape index (κ3) is 3.93. The number of methoxy groups -OCH3 is 1. The summed E-state index contributed by atoms with van der Waals surface area (Å²) in [6.07, 6.45) is -0.0324. The highest BCUT2D eigenvalue weighted by Crippen LogP contribution is 2.41. The number of nitrogens with zero attached hydrogens (tertiary/aromatic N) is 1. The molecular weight excluding hydrogens is 394 g/mol. The first-order chi connectivity index (χ1) is 13.4. The zero-order valence-electron chi connectivity index (χ0n) is 17.9. The molecule has 2 atom stereocenters. The largest absolute Gasteiger partial charge is 0.495 e. The molecule has 0 amide bonds. The van der Waals surface area contributed by atoms with Gasteiger partial charge in [0.2, 0.25) is 10.0 Å². The third-order valence-electron chi connectivity index (χ3n) is 6.45. The van der Waals surface area contributed by atoms with E-state index in [0.717, 1.165) is 11.1 Å². The number of hydrogen-bond donors (Lipinski definition) is 2.